The van der Waals surface area contributed by atoms with Crippen LogP contribution < -0.4 is 5.32 Å². The molecule has 0 aromatic heterocycles. The van der Waals surface area contributed by atoms with Gasteiger partial charge in [0.15, 0.2) is 0 Å². The lowest BCUT2D eigenvalue weighted by Crippen LogP contribution is -2.17. The smallest absolute Gasteiger partial charge is 0.307 e. The molecule has 3 unspecified atom stereocenters. The van der Waals surface area contributed by atoms with Crippen molar-refractivity contribution in [3.63, 3.8) is 0 Å². The van der Waals surface area contributed by atoms with Crippen molar-refractivity contribution in [2.45, 2.75) is 18.6 Å². The summed E-state index contributed by atoms with van der Waals surface area (Å²) in [5.41, 5.74) is 1.60. The number of rotatable bonds is 4. The van der Waals surface area contributed by atoms with Gasteiger partial charge in [-0.3, -0.25) is 4.79 Å². The number of carbonyl (C=O) groups is 1. The highest BCUT2D eigenvalue weighted by Gasteiger charge is 2.30. The van der Waals surface area contributed by atoms with Gasteiger partial charge in [0, 0.05) is 12.6 Å². The van der Waals surface area contributed by atoms with Crippen molar-refractivity contribution in [2.24, 2.45) is 5.92 Å². The summed E-state index contributed by atoms with van der Waals surface area (Å²) in [6.45, 7) is 0.145. The number of benzene rings is 1. The van der Waals surface area contributed by atoms with Gasteiger partial charge >= 0.3 is 5.97 Å². The van der Waals surface area contributed by atoms with Crippen LogP contribution in [-0.4, -0.2) is 34.4 Å². The van der Waals surface area contributed by atoms with Gasteiger partial charge in [-0.15, -0.1) is 0 Å². The molecule has 1 aromatic rings. The summed E-state index contributed by atoms with van der Waals surface area (Å²) in [5, 5.41) is 30.6. The molecule has 0 bridgehead atoms. The Hall–Kier alpha value is -1.43. The number of nitrogens with one attached hydrogen (secondary N) is 1. The first-order valence-corrected chi connectivity index (χ1v) is 5.96. The molecule has 4 N–H and O–H groups in total. The maximum absolute atomic E-state index is 10.9. The Bertz CT molecular complexity index is 435. The van der Waals surface area contributed by atoms with Crippen molar-refractivity contribution in [3.8, 4) is 0 Å². The highest BCUT2D eigenvalue weighted by atomic mass is 16.4. The van der Waals surface area contributed by atoms with Gasteiger partial charge in [0.2, 0.25) is 0 Å². The van der Waals surface area contributed by atoms with E-state index in [0.29, 0.717) is 18.5 Å². The SMILES string of the molecule is O=C(O)C1CNC(c2cccc(C(O)CO)c2)C1. The van der Waals surface area contributed by atoms with Crippen LogP contribution in [0.25, 0.3) is 0 Å². The average Bonchev–Trinajstić information content (AvgIpc) is 2.88. The zero-order valence-corrected chi connectivity index (χ0v) is 9.91. The van der Waals surface area contributed by atoms with E-state index < -0.39 is 12.1 Å². The minimum atomic E-state index is -0.887. The number of aliphatic carboxylic acids is 1. The molecular formula is C13H17NO4. The molecular weight excluding hydrogens is 234 g/mol. The van der Waals surface area contributed by atoms with Crippen LogP contribution >= 0.6 is 0 Å². The monoisotopic (exact) mass is 251 g/mol. The van der Waals surface area contributed by atoms with Crippen molar-refractivity contribution in [2.75, 3.05) is 13.2 Å². The molecule has 0 spiro atoms. The zero-order valence-electron chi connectivity index (χ0n) is 9.91. The maximum Gasteiger partial charge on any atom is 0.307 e. The summed E-state index contributed by atoms with van der Waals surface area (Å²) in [5.74, 6) is -1.14. The normalized spacial score (nSPS) is 25.0. The van der Waals surface area contributed by atoms with E-state index in [0.717, 1.165) is 5.56 Å². The third-order valence-corrected chi connectivity index (χ3v) is 3.35. The van der Waals surface area contributed by atoms with Gasteiger partial charge in [0.1, 0.15) is 6.10 Å². The third-order valence-electron chi connectivity index (χ3n) is 3.35. The van der Waals surface area contributed by atoms with Crippen LogP contribution in [0, 0.1) is 5.92 Å². The first-order valence-electron chi connectivity index (χ1n) is 5.96. The highest BCUT2D eigenvalue weighted by molar-refractivity contribution is 5.70. The Labute approximate surface area is 105 Å². The number of carboxylic acids is 1. The lowest BCUT2D eigenvalue weighted by molar-refractivity contribution is -0.141. The largest absolute Gasteiger partial charge is 0.481 e. The molecule has 0 amide bonds. The van der Waals surface area contributed by atoms with Gasteiger partial charge in [-0.25, -0.2) is 0 Å². The van der Waals surface area contributed by atoms with Crippen LogP contribution in [0.3, 0.4) is 0 Å². The van der Waals surface area contributed by atoms with E-state index in [-0.39, 0.29) is 18.6 Å². The Morgan fingerprint density at radius 2 is 2.28 bits per heavy atom. The second-order valence-electron chi connectivity index (χ2n) is 4.60. The van der Waals surface area contributed by atoms with Crippen LogP contribution in [0.5, 0.6) is 0 Å². The van der Waals surface area contributed by atoms with Crippen molar-refractivity contribution in [1.82, 2.24) is 5.32 Å². The van der Waals surface area contributed by atoms with Crippen molar-refractivity contribution in [3.05, 3.63) is 35.4 Å². The molecule has 1 aromatic carbocycles. The van der Waals surface area contributed by atoms with Gasteiger partial charge < -0.3 is 20.6 Å². The summed E-state index contributed by atoms with van der Waals surface area (Å²) < 4.78 is 0. The fraction of sp³-hybridized carbons (Fsp3) is 0.462. The average molecular weight is 251 g/mol. The Morgan fingerprint density at radius 1 is 1.50 bits per heavy atom. The maximum atomic E-state index is 10.9. The summed E-state index contributed by atoms with van der Waals surface area (Å²) in [4.78, 5) is 10.9. The lowest BCUT2D eigenvalue weighted by Gasteiger charge is -2.14. The van der Waals surface area contributed by atoms with E-state index >= 15 is 0 Å². The van der Waals surface area contributed by atoms with Crippen LogP contribution in [0.1, 0.15) is 29.7 Å². The molecule has 5 heteroatoms. The Kier molecular flexibility index (Phi) is 3.96. The highest BCUT2D eigenvalue weighted by Crippen LogP contribution is 2.28. The van der Waals surface area contributed by atoms with E-state index in [9.17, 15) is 9.90 Å². The predicted molar refractivity (Wildman–Crippen MR) is 65.0 cm³/mol. The molecule has 2 rings (SSSR count). The molecule has 98 valence electrons. The number of hydrogen-bond donors (Lipinski definition) is 4. The predicted octanol–water partition coefficient (Wildman–Crippen LogP) is 0.447. The Morgan fingerprint density at radius 3 is 2.89 bits per heavy atom. The molecule has 1 heterocycles. The summed E-state index contributed by atoms with van der Waals surface area (Å²) in [6.07, 6.45) is -0.338. The third kappa shape index (κ3) is 2.69. The van der Waals surface area contributed by atoms with Crippen molar-refractivity contribution in [1.29, 1.82) is 0 Å². The summed E-state index contributed by atoms with van der Waals surface area (Å²) in [6, 6.07) is 7.25. The van der Waals surface area contributed by atoms with Crippen LogP contribution in [0.4, 0.5) is 0 Å². The van der Waals surface area contributed by atoms with Crippen molar-refractivity contribution >= 4 is 5.97 Å². The number of aliphatic hydroxyl groups excluding tert-OH is 2. The minimum Gasteiger partial charge on any atom is -0.481 e. The van der Waals surface area contributed by atoms with Gasteiger partial charge in [-0.05, 0) is 17.5 Å². The number of carboxylic acid groups (broad SMARTS) is 1. The van der Waals surface area contributed by atoms with E-state index in [1.165, 1.54) is 0 Å². The van der Waals surface area contributed by atoms with E-state index in [1.54, 1.807) is 12.1 Å². The zero-order chi connectivity index (χ0) is 13.1. The summed E-state index contributed by atoms with van der Waals surface area (Å²) in [7, 11) is 0. The topological polar surface area (TPSA) is 89.8 Å². The van der Waals surface area contributed by atoms with Gasteiger partial charge in [0.25, 0.3) is 0 Å². The molecule has 1 aliphatic rings. The Balaban J connectivity index is 2.12. The van der Waals surface area contributed by atoms with Crippen LogP contribution in [0.15, 0.2) is 24.3 Å². The van der Waals surface area contributed by atoms with Crippen molar-refractivity contribution < 1.29 is 20.1 Å². The number of aliphatic hydroxyl groups is 2. The molecule has 1 fully saturated rings. The minimum absolute atomic E-state index is 0.00283. The molecule has 18 heavy (non-hydrogen) atoms. The van der Waals surface area contributed by atoms with E-state index in [4.69, 9.17) is 10.2 Å². The molecule has 5 nitrogen and oxygen atoms in total. The molecule has 1 aliphatic heterocycles. The second-order valence-corrected chi connectivity index (χ2v) is 4.60. The molecule has 0 saturated carbocycles. The van der Waals surface area contributed by atoms with Gasteiger partial charge in [-0.2, -0.15) is 0 Å². The van der Waals surface area contributed by atoms with E-state index in [2.05, 4.69) is 5.32 Å². The molecule has 3 atom stereocenters. The van der Waals surface area contributed by atoms with Gasteiger partial charge in [-0.1, -0.05) is 24.3 Å². The molecule has 0 aliphatic carbocycles. The van der Waals surface area contributed by atoms with E-state index in [1.807, 2.05) is 12.1 Å². The second kappa shape index (κ2) is 5.48. The number of hydrogen-bond acceptors (Lipinski definition) is 4. The standard InChI is InChI=1S/C13H17NO4/c15-7-12(16)9-3-1-2-8(4-9)11-5-10(6-14-11)13(17)18/h1-4,10-12,14-16H,5-7H2,(H,17,18). The quantitative estimate of drug-likeness (QED) is 0.624. The first-order chi connectivity index (χ1) is 8.61. The lowest BCUT2D eigenvalue weighted by atomic mass is 9.97. The van der Waals surface area contributed by atoms with Crippen LogP contribution in [0.2, 0.25) is 0 Å². The summed E-state index contributed by atoms with van der Waals surface area (Å²) >= 11 is 0. The molecule has 0 radical (unpaired) electrons. The van der Waals surface area contributed by atoms with Crippen LogP contribution in [-0.2, 0) is 4.79 Å². The fourth-order valence-corrected chi connectivity index (χ4v) is 2.27. The fourth-order valence-electron chi connectivity index (χ4n) is 2.27. The van der Waals surface area contributed by atoms with Gasteiger partial charge in [0.05, 0.1) is 12.5 Å². The first kappa shape index (κ1) is 13.0. The molecule has 1 saturated heterocycles.